The second kappa shape index (κ2) is 7.18. The first kappa shape index (κ1) is 18.6. The number of nitrogens with two attached hydrogens (primary N) is 1. The Balaban J connectivity index is 1.93. The van der Waals surface area contributed by atoms with E-state index in [9.17, 15) is 18.0 Å². The Labute approximate surface area is 155 Å². The fourth-order valence-corrected chi connectivity index (χ4v) is 3.37. The maximum atomic E-state index is 12.6. The Kier molecular flexibility index (Phi) is 4.93. The van der Waals surface area contributed by atoms with Gasteiger partial charge in [-0.15, -0.1) is 4.28 Å². The van der Waals surface area contributed by atoms with E-state index in [0.29, 0.717) is 10.8 Å². The molecule has 0 radical (unpaired) electrons. The van der Waals surface area contributed by atoms with Crippen LogP contribution in [0.15, 0.2) is 65.6 Å². The van der Waals surface area contributed by atoms with Crippen LogP contribution < -0.4 is 11.2 Å². The maximum absolute atomic E-state index is 12.6. The molecule has 138 valence electrons. The van der Waals surface area contributed by atoms with Crippen LogP contribution in [0.1, 0.15) is 26.3 Å². The Morgan fingerprint density at radius 3 is 2.30 bits per heavy atom. The van der Waals surface area contributed by atoms with Crippen LogP contribution in [0.5, 0.6) is 0 Å². The molecule has 0 atom stereocenters. The molecule has 0 saturated carbocycles. The van der Waals surface area contributed by atoms with E-state index in [4.69, 9.17) is 5.73 Å². The molecule has 27 heavy (non-hydrogen) atoms. The van der Waals surface area contributed by atoms with E-state index in [2.05, 4.69) is 4.28 Å². The predicted octanol–water partition coefficient (Wildman–Crippen LogP) is 2.30. The van der Waals surface area contributed by atoms with Crippen molar-refractivity contribution in [2.75, 3.05) is 0 Å². The molecule has 0 unspecified atom stereocenters. The van der Waals surface area contributed by atoms with E-state index in [-0.39, 0.29) is 16.0 Å². The van der Waals surface area contributed by atoms with Gasteiger partial charge >= 0.3 is 10.1 Å². The van der Waals surface area contributed by atoms with E-state index >= 15 is 0 Å². The Morgan fingerprint density at radius 2 is 1.63 bits per heavy atom. The second-order valence-corrected chi connectivity index (χ2v) is 7.40. The van der Waals surface area contributed by atoms with Gasteiger partial charge in [-0.3, -0.25) is 9.59 Å². The van der Waals surface area contributed by atoms with E-state index < -0.39 is 21.9 Å². The molecule has 2 amide bonds. The van der Waals surface area contributed by atoms with Crippen molar-refractivity contribution < 1.29 is 22.3 Å². The molecule has 3 aromatic carbocycles. The summed E-state index contributed by atoms with van der Waals surface area (Å²) in [5, 5.41) is 1.14. The number of hydrogen-bond acceptors (Lipinski definition) is 5. The van der Waals surface area contributed by atoms with Crippen LogP contribution in [0.4, 0.5) is 0 Å². The van der Waals surface area contributed by atoms with Crippen LogP contribution in [0.2, 0.25) is 0 Å². The number of carbonyl (C=O) groups excluding carboxylic acids is 2. The lowest BCUT2D eigenvalue weighted by atomic mass is 9.98. The number of aryl methyl sites for hydroxylation is 1. The number of carbonyl (C=O) groups is 2. The summed E-state index contributed by atoms with van der Waals surface area (Å²) in [5.41, 5.74) is 8.04. The van der Waals surface area contributed by atoms with Crippen LogP contribution in [0.25, 0.3) is 10.8 Å². The zero-order chi connectivity index (χ0) is 19.6. The lowest BCUT2D eigenvalue weighted by Crippen LogP contribution is -2.29. The molecular weight excluding hydrogens is 368 g/mol. The second-order valence-electron chi connectivity index (χ2n) is 5.86. The van der Waals surface area contributed by atoms with Gasteiger partial charge in [-0.05, 0) is 35.9 Å². The van der Waals surface area contributed by atoms with Crippen molar-refractivity contribution in [2.24, 2.45) is 5.73 Å². The Morgan fingerprint density at radius 1 is 0.963 bits per heavy atom. The van der Waals surface area contributed by atoms with Gasteiger partial charge in [0.2, 0.25) is 5.91 Å². The van der Waals surface area contributed by atoms with Crippen LogP contribution in [-0.2, 0) is 14.4 Å². The Bertz CT molecular complexity index is 1140. The molecule has 0 fully saturated rings. The van der Waals surface area contributed by atoms with Crippen molar-refractivity contribution in [1.82, 2.24) is 5.48 Å². The Hall–Kier alpha value is -3.23. The topological polar surface area (TPSA) is 116 Å². The maximum Gasteiger partial charge on any atom is 0.317 e. The molecule has 0 aliphatic heterocycles. The molecule has 0 aliphatic rings. The minimum Gasteiger partial charge on any atom is -0.366 e. The molecule has 0 heterocycles. The summed E-state index contributed by atoms with van der Waals surface area (Å²) in [6.45, 7) is 1.81. The van der Waals surface area contributed by atoms with Crippen molar-refractivity contribution in [3.05, 3.63) is 77.4 Å². The summed E-state index contributed by atoms with van der Waals surface area (Å²) in [4.78, 5) is 24.2. The highest BCUT2D eigenvalue weighted by atomic mass is 32.2. The standard InChI is InChI=1S/C19H16N2O5S/c1-12-6-9-14(10-7-12)27(24,25)26-21-19(23)17-15-5-3-2-4-13(15)8-11-16(17)18(20)22/h2-11H,1H3,(H2,20,22)(H,21,23). The molecule has 0 bridgehead atoms. The van der Waals surface area contributed by atoms with Gasteiger partial charge in [-0.1, -0.05) is 48.0 Å². The summed E-state index contributed by atoms with van der Waals surface area (Å²) in [6.07, 6.45) is 0. The average molecular weight is 384 g/mol. The molecule has 7 nitrogen and oxygen atoms in total. The number of hydroxylamine groups is 1. The fraction of sp³-hybridized carbons (Fsp3) is 0.0526. The third-order valence-corrected chi connectivity index (χ3v) is 5.13. The van der Waals surface area contributed by atoms with Crippen LogP contribution in [-0.4, -0.2) is 20.2 Å². The minimum absolute atomic E-state index is 0.0393. The molecule has 0 spiro atoms. The monoisotopic (exact) mass is 384 g/mol. The van der Waals surface area contributed by atoms with Gasteiger partial charge in [-0.2, -0.15) is 8.42 Å². The highest BCUT2D eigenvalue weighted by Gasteiger charge is 2.22. The number of primary amides is 1. The molecule has 3 rings (SSSR count). The van der Waals surface area contributed by atoms with Gasteiger partial charge in [0.15, 0.2) is 0 Å². The highest BCUT2D eigenvalue weighted by molar-refractivity contribution is 7.86. The van der Waals surface area contributed by atoms with Crippen molar-refractivity contribution in [2.45, 2.75) is 11.8 Å². The van der Waals surface area contributed by atoms with Crippen molar-refractivity contribution in [3.63, 3.8) is 0 Å². The zero-order valence-corrected chi connectivity index (χ0v) is 15.1. The smallest absolute Gasteiger partial charge is 0.317 e. The normalized spacial score (nSPS) is 11.3. The zero-order valence-electron chi connectivity index (χ0n) is 14.3. The average Bonchev–Trinajstić information content (AvgIpc) is 2.65. The van der Waals surface area contributed by atoms with Gasteiger partial charge < -0.3 is 5.73 Å². The molecule has 0 aromatic heterocycles. The fourth-order valence-electron chi connectivity index (χ4n) is 2.62. The molecular formula is C19H16N2O5S. The van der Waals surface area contributed by atoms with Gasteiger partial charge in [0, 0.05) is 0 Å². The number of nitrogens with one attached hydrogen (secondary N) is 1. The van der Waals surface area contributed by atoms with Crippen molar-refractivity contribution in [1.29, 1.82) is 0 Å². The van der Waals surface area contributed by atoms with E-state index in [0.717, 1.165) is 5.56 Å². The molecule has 3 N–H and O–H groups in total. The van der Waals surface area contributed by atoms with E-state index in [1.54, 1.807) is 42.5 Å². The van der Waals surface area contributed by atoms with Gasteiger partial charge in [0.25, 0.3) is 5.91 Å². The summed E-state index contributed by atoms with van der Waals surface area (Å²) < 4.78 is 29.1. The largest absolute Gasteiger partial charge is 0.366 e. The third-order valence-electron chi connectivity index (χ3n) is 3.98. The molecule has 0 aliphatic carbocycles. The van der Waals surface area contributed by atoms with Crippen LogP contribution >= 0.6 is 0 Å². The quantitative estimate of drug-likeness (QED) is 0.655. The summed E-state index contributed by atoms with van der Waals surface area (Å²) >= 11 is 0. The van der Waals surface area contributed by atoms with Crippen molar-refractivity contribution in [3.8, 4) is 0 Å². The first-order valence-electron chi connectivity index (χ1n) is 7.91. The number of benzene rings is 3. The van der Waals surface area contributed by atoms with E-state index in [1.165, 1.54) is 18.2 Å². The van der Waals surface area contributed by atoms with E-state index in [1.807, 2.05) is 12.4 Å². The van der Waals surface area contributed by atoms with Crippen LogP contribution in [0, 0.1) is 6.92 Å². The number of rotatable bonds is 5. The molecule has 0 saturated heterocycles. The number of amides is 2. The van der Waals surface area contributed by atoms with Gasteiger partial charge in [0.1, 0.15) is 0 Å². The van der Waals surface area contributed by atoms with Crippen LogP contribution in [0.3, 0.4) is 0 Å². The number of fused-ring (bicyclic) bond motifs is 1. The molecule has 3 aromatic rings. The van der Waals surface area contributed by atoms with Crippen molar-refractivity contribution >= 4 is 32.7 Å². The highest BCUT2D eigenvalue weighted by Crippen LogP contribution is 2.23. The first-order chi connectivity index (χ1) is 12.8. The summed E-state index contributed by atoms with van der Waals surface area (Å²) in [6, 6.07) is 15.8. The summed E-state index contributed by atoms with van der Waals surface area (Å²) in [7, 11) is -4.21. The summed E-state index contributed by atoms with van der Waals surface area (Å²) in [5.74, 6) is -1.71. The lowest BCUT2D eigenvalue weighted by Gasteiger charge is -2.11. The number of hydrogen-bond donors (Lipinski definition) is 2. The minimum atomic E-state index is -4.21. The first-order valence-corrected chi connectivity index (χ1v) is 9.32. The third kappa shape index (κ3) is 3.81. The predicted molar refractivity (Wildman–Crippen MR) is 99.4 cm³/mol. The molecule has 8 heteroatoms. The van der Waals surface area contributed by atoms with Gasteiger partial charge in [-0.25, -0.2) is 5.48 Å². The van der Waals surface area contributed by atoms with Gasteiger partial charge in [0.05, 0.1) is 16.0 Å². The SMILES string of the molecule is Cc1ccc(S(=O)(=O)ONC(=O)c2c(C(N)=O)ccc3ccccc23)cc1. The lowest BCUT2D eigenvalue weighted by molar-refractivity contribution is 0.0768.